The minimum atomic E-state index is 0.851. The first-order valence-corrected chi connectivity index (χ1v) is 7.30. The molecule has 4 aliphatic carbocycles. The molecule has 0 amide bonds. The minimum Gasteiger partial charge on any atom is -0.0769 e. The van der Waals surface area contributed by atoms with Crippen molar-refractivity contribution < 1.29 is 0 Å². The molecule has 0 unspecified atom stereocenters. The molecule has 0 saturated heterocycles. The van der Waals surface area contributed by atoms with Crippen LogP contribution in [0.3, 0.4) is 0 Å². The van der Waals surface area contributed by atoms with E-state index in [0.717, 1.165) is 23.1 Å². The van der Waals surface area contributed by atoms with E-state index in [1.807, 2.05) is 0 Å². The second kappa shape index (κ2) is 3.82. The fourth-order valence-electron chi connectivity index (χ4n) is 5.35. The van der Waals surface area contributed by atoms with Crippen LogP contribution in [0.25, 0.3) is 0 Å². The van der Waals surface area contributed by atoms with Gasteiger partial charge in [0.15, 0.2) is 0 Å². The molecule has 4 saturated carbocycles. The molecule has 0 N–H and O–H groups in total. The molecular formula is C14H25B. The standard InChI is InChI=1S/C14H25B/c1-2-3-4-15-14-8-11-5-12(9-14)7-13(6-11)10-14/h11-13,15H,2-10H2,1H3. The fraction of sp³-hybridized carbons (Fsp3) is 1.00. The van der Waals surface area contributed by atoms with Crippen molar-refractivity contribution in [1.29, 1.82) is 0 Å². The average Bonchev–Trinajstić information content (AvgIpc) is 2.15. The lowest BCUT2D eigenvalue weighted by molar-refractivity contribution is 0.0285. The minimum absolute atomic E-state index is 0.851. The highest BCUT2D eigenvalue weighted by molar-refractivity contribution is 6.40. The summed E-state index contributed by atoms with van der Waals surface area (Å²) in [4.78, 5) is 0. The molecule has 0 nitrogen and oxygen atoms in total. The lowest BCUT2D eigenvalue weighted by Crippen LogP contribution is -2.44. The van der Waals surface area contributed by atoms with Crippen LogP contribution in [-0.2, 0) is 0 Å². The predicted octanol–water partition coefficient (Wildman–Crippen LogP) is 4.03. The third kappa shape index (κ3) is 1.87. The summed E-state index contributed by atoms with van der Waals surface area (Å²) in [5.74, 6) is 3.45. The van der Waals surface area contributed by atoms with Gasteiger partial charge in [0.05, 0.1) is 0 Å². The van der Waals surface area contributed by atoms with Crippen LogP contribution in [0.2, 0.25) is 11.6 Å². The molecular weight excluding hydrogens is 179 g/mol. The molecule has 4 fully saturated rings. The van der Waals surface area contributed by atoms with Gasteiger partial charge in [-0.25, -0.2) is 0 Å². The van der Waals surface area contributed by atoms with E-state index in [0.29, 0.717) is 0 Å². The van der Waals surface area contributed by atoms with Crippen LogP contribution in [-0.4, -0.2) is 7.28 Å². The summed E-state index contributed by atoms with van der Waals surface area (Å²) in [6.45, 7) is 2.33. The number of hydrogen-bond acceptors (Lipinski definition) is 0. The van der Waals surface area contributed by atoms with Gasteiger partial charge in [-0.3, -0.25) is 0 Å². The van der Waals surface area contributed by atoms with Crippen LogP contribution < -0.4 is 0 Å². The molecule has 4 rings (SSSR count). The van der Waals surface area contributed by atoms with Gasteiger partial charge in [-0.05, 0) is 37.0 Å². The zero-order valence-corrected chi connectivity index (χ0v) is 10.3. The monoisotopic (exact) mass is 204 g/mol. The van der Waals surface area contributed by atoms with Crippen LogP contribution in [0.15, 0.2) is 0 Å². The lowest BCUT2D eigenvalue weighted by Gasteiger charge is -2.57. The van der Waals surface area contributed by atoms with Gasteiger partial charge < -0.3 is 0 Å². The van der Waals surface area contributed by atoms with Crippen LogP contribution in [0, 0.1) is 17.8 Å². The van der Waals surface area contributed by atoms with E-state index in [4.69, 9.17) is 0 Å². The highest BCUT2D eigenvalue weighted by Gasteiger charge is 2.50. The molecule has 1 heteroatoms. The molecule has 84 valence electrons. The fourth-order valence-corrected chi connectivity index (χ4v) is 5.35. The molecule has 0 spiro atoms. The van der Waals surface area contributed by atoms with E-state index in [1.165, 1.54) is 19.2 Å². The van der Waals surface area contributed by atoms with E-state index in [2.05, 4.69) is 6.92 Å². The summed E-state index contributed by atoms with van der Waals surface area (Å²) in [7, 11) is 1.57. The lowest BCUT2D eigenvalue weighted by atomic mass is 9.35. The van der Waals surface area contributed by atoms with Crippen molar-refractivity contribution in [3.8, 4) is 0 Å². The topological polar surface area (TPSA) is 0 Å². The first-order chi connectivity index (χ1) is 7.30. The average molecular weight is 204 g/mol. The predicted molar refractivity (Wildman–Crippen MR) is 67.7 cm³/mol. The second-order valence-electron chi connectivity index (χ2n) is 6.87. The van der Waals surface area contributed by atoms with Crippen molar-refractivity contribution in [2.75, 3.05) is 0 Å². The van der Waals surface area contributed by atoms with Crippen molar-refractivity contribution in [2.24, 2.45) is 17.8 Å². The van der Waals surface area contributed by atoms with Gasteiger partial charge >= 0.3 is 0 Å². The van der Waals surface area contributed by atoms with Gasteiger partial charge in [0.1, 0.15) is 7.28 Å². The third-order valence-electron chi connectivity index (χ3n) is 5.48. The van der Waals surface area contributed by atoms with Crippen molar-refractivity contribution in [3.63, 3.8) is 0 Å². The molecule has 0 radical (unpaired) electrons. The Morgan fingerprint density at radius 2 is 1.53 bits per heavy atom. The Kier molecular flexibility index (Phi) is 2.61. The summed E-state index contributed by atoms with van der Waals surface area (Å²) < 4.78 is 0. The molecule has 0 heterocycles. The number of rotatable bonds is 4. The third-order valence-corrected chi connectivity index (χ3v) is 5.48. The summed E-state index contributed by atoms with van der Waals surface area (Å²) >= 11 is 0. The Hall–Kier alpha value is 0.0649. The van der Waals surface area contributed by atoms with Gasteiger partial charge in [0, 0.05) is 0 Å². The van der Waals surface area contributed by atoms with Crippen LogP contribution in [0.1, 0.15) is 58.3 Å². The van der Waals surface area contributed by atoms with Gasteiger partial charge in [-0.1, -0.05) is 50.7 Å². The molecule has 0 aromatic rings. The smallest absolute Gasteiger partial charge is 0.0769 e. The van der Waals surface area contributed by atoms with Crippen molar-refractivity contribution in [1.82, 2.24) is 0 Å². The Balaban J connectivity index is 1.65. The number of hydrogen-bond donors (Lipinski definition) is 0. The summed E-state index contributed by atoms with van der Waals surface area (Å²) in [6, 6.07) is 0. The van der Waals surface area contributed by atoms with E-state index in [1.54, 1.807) is 45.8 Å². The maximum atomic E-state index is 2.33. The highest BCUT2D eigenvalue weighted by atomic mass is 14.5. The molecule has 4 bridgehead atoms. The molecule has 0 aliphatic heterocycles. The van der Waals surface area contributed by atoms with Crippen molar-refractivity contribution in [2.45, 2.75) is 69.9 Å². The maximum Gasteiger partial charge on any atom is 0.128 e. The van der Waals surface area contributed by atoms with Crippen LogP contribution >= 0.6 is 0 Å². The first kappa shape index (κ1) is 10.2. The Morgan fingerprint density at radius 3 is 2.00 bits per heavy atom. The van der Waals surface area contributed by atoms with Gasteiger partial charge in [0.2, 0.25) is 0 Å². The van der Waals surface area contributed by atoms with Gasteiger partial charge in [-0.15, -0.1) is 0 Å². The Morgan fingerprint density at radius 1 is 1.00 bits per heavy atom. The Labute approximate surface area is 95.5 Å². The van der Waals surface area contributed by atoms with Crippen LogP contribution in [0.4, 0.5) is 0 Å². The van der Waals surface area contributed by atoms with Gasteiger partial charge in [0.25, 0.3) is 0 Å². The second-order valence-corrected chi connectivity index (χ2v) is 6.87. The Bertz CT molecular complexity index is 198. The first-order valence-electron chi connectivity index (χ1n) is 7.30. The van der Waals surface area contributed by atoms with E-state index in [9.17, 15) is 0 Å². The molecule has 15 heavy (non-hydrogen) atoms. The normalized spacial score (nSPS) is 47.1. The summed E-state index contributed by atoms with van der Waals surface area (Å²) in [6.07, 6.45) is 14.0. The molecule has 0 atom stereocenters. The van der Waals surface area contributed by atoms with E-state index >= 15 is 0 Å². The largest absolute Gasteiger partial charge is 0.128 e. The molecule has 0 aromatic carbocycles. The number of unbranched alkanes of at least 4 members (excludes halogenated alkanes) is 1. The molecule has 0 aromatic heterocycles. The zero-order chi connectivity index (χ0) is 10.3. The zero-order valence-electron chi connectivity index (χ0n) is 10.3. The summed E-state index contributed by atoms with van der Waals surface area (Å²) in [5, 5.41) is 0.851. The van der Waals surface area contributed by atoms with Crippen LogP contribution in [0.5, 0.6) is 0 Å². The maximum absolute atomic E-state index is 2.33. The quantitative estimate of drug-likeness (QED) is 0.479. The summed E-state index contributed by atoms with van der Waals surface area (Å²) in [5.41, 5.74) is 0. The van der Waals surface area contributed by atoms with Gasteiger partial charge in [-0.2, -0.15) is 0 Å². The van der Waals surface area contributed by atoms with E-state index in [-0.39, 0.29) is 0 Å². The molecule has 4 aliphatic rings. The SMILES string of the molecule is CCCCBC12CC3CC(CC(C3)C1)C2. The van der Waals surface area contributed by atoms with Crippen molar-refractivity contribution >= 4 is 7.28 Å². The highest BCUT2D eigenvalue weighted by Crippen LogP contribution is 2.63. The van der Waals surface area contributed by atoms with Crippen molar-refractivity contribution in [3.05, 3.63) is 0 Å². The van der Waals surface area contributed by atoms with E-state index < -0.39 is 0 Å².